The number of rotatable bonds is 3. The number of anilines is 2. The zero-order valence-corrected chi connectivity index (χ0v) is 11.6. The topological polar surface area (TPSA) is 62.4 Å². The van der Waals surface area contributed by atoms with Crippen LogP contribution in [0.25, 0.3) is 10.9 Å². The number of piperidine rings is 1. The third-order valence-electron chi connectivity index (χ3n) is 4.14. The standard InChI is InChI=1S/C16H21N3O/c17-12-4-5-14-15(11-12)18-8-6-16(14)19-9-2-1-3-13(19)7-10-20/h4-6,8,11,13,20H,1-3,7,9-10,17H2. The summed E-state index contributed by atoms with van der Waals surface area (Å²) in [5.41, 5.74) is 8.74. The molecule has 2 heterocycles. The number of aromatic nitrogens is 1. The van der Waals surface area contributed by atoms with Gasteiger partial charge in [-0.25, -0.2) is 0 Å². The lowest BCUT2D eigenvalue weighted by Gasteiger charge is -2.38. The van der Waals surface area contributed by atoms with E-state index in [2.05, 4.69) is 22.0 Å². The highest BCUT2D eigenvalue weighted by Crippen LogP contribution is 2.32. The molecule has 1 fully saturated rings. The van der Waals surface area contributed by atoms with E-state index in [1.165, 1.54) is 18.5 Å². The van der Waals surface area contributed by atoms with E-state index < -0.39 is 0 Å². The van der Waals surface area contributed by atoms with Crippen LogP contribution in [0.4, 0.5) is 11.4 Å². The highest BCUT2D eigenvalue weighted by molar-refractivity contribution is 5.93. The Morgan fingerprint density at radius 2 is 2.20 bits per heavy atom. The maximum Gasteiger partial charge on any atom is 0.0743 e. The van der Waals surface area contributed by atoms with Gasteiger partial charge in [0.15, 0.2) is 0 Å². The second-order valence-electron chi connectivity index (χ2n) is 5.46. The Kier molecular flexibility index (Phi) is 3.74. The number of aliphatic hydroxyl groups is 1. The van der Waals surface area contributed by atoms with Crippen LogP contribution >= 0.6 is 0 Å². The second kappa shape index (κ2) is 5.67. The molecular formula is C16H21N3O. The van der Waals surface area contributed by atoms with E-state index in [4.69, 9.17) is 5.73 Å². The van der Waals surface area contributed by atoms with E-state index in [9.17, 15) is 5.11 Å². The average Bonchev–Trinajstić information content (AvgIpc) is 2.47. The Labute approximate surface area is 119 Å². The van der Waals surface area contributed by atoms with Gasteiger partial charge in [0.05, 0.1) is 5.52 Å². The number of hydrogen-bond acceptors (Lipinski definition) is 4. The molecule has 3 rings (SSSR count). The summed E-state index contributed by atoms with van der Waals surface area (Å²) in [5, 5.41) is 10.4. The number of pyridine rings is 1. The lowest BCUT2D eigenvalue weighted by molar-refractivity contribution is 0.262. The van der Waals surface area contributed by atoms with Gasteiger partial charge in [-0.1, -0.05) is 0 Å². The third kappa shape index (κ3) is 2.43. The van der Waals surface area contributed by atoms with Crippen LogP contribution < -0.4 is 10.6 Å². The molecule has 1 aromatic heterocycles. The molecule has 1 aliphatic heterocycles. The summed E-state index contributed by atoms with van der Waals surface area (Å²) in [7, 11) is 0. The number of benzene rings is 1. The quantitative estimate of drug-likeness (QED) is 0.842. The van der Waals surface area contributed by atoms with Crippen LogP contribution in [0.3, 0.4) is 0 Å². The molecule has 2 aromatic rings. The summed E-state index contributed by atoms with van der Waals surface area (Å²) in [6, 6.07) is 8.41. The number of nitrogens with zero attached hydrogens (tertiary/aromatic N) is 2. The lowest BCUT2D eigenvalue weighted by atomic mass is 9.98. The monoisotopic (exact) mass is 271 g/mol. The molecule has 1 aliphatic rings. The largest absolute Gasteiger partial charge is 0.399 e. The number of aliphatic hydroxyl groups excluding tert-OH is 1. The molecule has 0 bridgehead atoms. The molecule has 3 N–H and O–H groups in total. The number of nitrogens with two attached hydrogens (primary N) is 1. The molecule has 1 saturated heterocycles. The van der Waals surface area contributed by atoms with E-state index in [0.717, 1.165) is 36.0 Å². The van der Waals surface area contributed by atoms with Gasteiger partial charge in [0.25, 0.3) is 0 Å². The van der Waals surface area contributed by atoms with Crippen molar-refractivity contribution in [3.05, 3.63) is 30.5 Å². The summed E-state index contributed by atoms with van der Waals surface area (Å²) in [6.45, 7) is 1.30. The van der Waals surface area contributed by atoms with Gasteiger partial charge in [-0.2, -0.15) is 0 Å². The lowest BCUT2D eigenvalue weighted by Crippen LogP contribution is -2.40. The molecule has 0 spiro atoms. The van der Waals surface area contributed by atoms with Gasteiger partial charge in [-0.15, -0.1) is 0 Å². The van der Waals surface area contributed by atoms with Crippen LogP contribution in [0.15, 0.2) is 30.5 Å². The van der Waals surface area contributed by atoms with Crippen molar-refractivity contribution in [1.82, 2.24) is 4.98 Å². The second-order valence-corrected chi connectivity index (χ2v) is 5.46. The minimum absolute atomic E-state index is 0.247. The van der Waals surface area contributed by atoms with Crippen molar-refractivity contribution in [1.29, 1.82) is 0 Å². The van der Waals surface area contributed by atoms with Gasteiger partial charge in [0, 0.05) is 42.2 Å². The first-order valence-electron chi connectivity index (χ1n) is 7.31. The molecule has 1 unspecified atom stereocenters. The maximum atomic E-state index is 9.28. The molecule has 20 heavy (non-hydrogen) atoms. The van der Waals surface area contributed by atoms with Crippen LogP contribution in [-0.2, 0) is 0 Å². The van der Waals surface area contributed by atoms with E-state index in [-0.39, 0.29) is 6.61 Å². The Morgan fingerprint density at radius 3 is 3.05 bits per heavy atom. The molecular weight excluding hydrogens is 250 g/mol. The fourth-order valence-corrected chi connectivity index (χ4v) is 3.17. The van der Waals surface area contributed by atoms with Gasteiger partial charge in [0.2, 0.25) is 0 Å². The van der Waals surface area contributed by atoms with Crippen molar-refractivity contribution in [2.24, 2.45) is 0 Å². The van der Waals surface area contributed by atoms with E-state index in [0.29, 0.717) is 6.04 Å². The first-order chi connectivity index (χ1) is 9.79. The number of nitrogen functional groups attached to an aromatic ring is 1. The van der Waals surface area contributed by atoms with Gasteiger partial charge in [-0.05, 0) is 49.9 Å². The normalized spacial score (nSPS) is 19.4. The molecule has 1 aromatic carbocycles. The SMILES string of the molecule is Nc1ccc2c(N3CCCCC3CCO)ccnc2c1. The summed E-state index contributed by atoms with van der Waals surface area (Å²) in [6.07, 6.45) is 6.29. The molecule has 0 aliphatic carbocycles. The van der Waals surface area contributed by atoms with Crippen molar-refractivity contribution in [3.63, 3.8) is 0 Å². The van der Waals surface area contributed by atoms with Gasteiger partial charge < -0.3 is 15.7 Å². The van der Waals surface area contributed by atoms with Gasteiger partial charge in [-0.3, -0.25) is 4.98 Å². The first kappa shape index (κ1) is 13.2. The zero-order valence-electron chi connectivity index (χ0n) is 11.6. The van der Waals surface area contributed by atoms with Crippen molar-refractivity contribution >= 4 is 22.3 Å². The van der Waals surface area contributed by atoms with Crippen LogP contribution in [0, 0.1) is 0 Å². The zero-order chi connectivity index (χ0) is 13.9. The van der Waals surface area contributed by atoms with Gasteiger partial charge >= 0.3 is 0 Å². The minimum Gasteiger partial charge on any atom is -0.399 e. The third-order valence-corrected chi connectivity index (χ3v) is 4.14. The minimum atomic E-state index is 0.247. The predicted molar refractivity (Wildman–Crippen MR) is 82.8 cm³/mol. The molecule has 0 radical (unpaired) electrons. The van der Waals surface area contributed by atoms with E-state index >= 15 is 0 Å². The Morgan fingerprint density at radius 1 is 1.30 bits per heavy atom. The summed E-state index contributed by atoms with van der Waals surface area (Å²) < 4.78 is 0. The summed E-state index contributed by atoms with van der Waals surface area (Å²) in [4.78, 5) is 6.84. The van der Waals surface area contributed by atoms with Crippen LogP contribution in [0.5, 0.6) is 0 Å². The van der Waals surface area contributed by atoms with E-state index in [1.54, 1.807) is 0 Å². The molecule has 0 amide bonds. The summed E-state index contributed by atoms with van der Waals surface area (Å²) >= 11 is 0. The van der Waals surface area contributed by atoms with Crippen LogP contribution in [0.2, 0.25) is 0 Å². The fourth-order valence-electron chi connectivity index (χ4n) is 3.17. The molecule has 0 saturated carbocycles. The Bertz CT molecular complexity index is 597. The van der Waals surface area contributed by atoms with Crippen molar-refractivity contribution in [2.75, 3.05) is 23.8 Å². The van der Waals surface area contributed by atoms with Crippen LogP contribution in [-0.4, -0.2) is 29.3 Å². The number of fused-ring (bicyclic) bond motifs is 1. The van der Waals surface area contributed by atoms with E-state index in [1.807, 2.05) is 18.3 Å². The molecule has 4 nitrogen and oxygen atoms in total. The average molecular weight is 271 g/mol. The Hall–Kier alpha value is -1.81. The van der Waals surface area contributed by atoms with Crippen LogP contribution in [0.1, 0.15) is 25.7 Å². The first-order valence-corrected chi connectivity index (χ1v) is 7.31. The molecule has 106 valence electrons. The molecule has 4 heteroatoms. The maximum absolute atomic E-state index is 9.28. The summed E-state index contributed by atoms with van der Waals surface area (Å²) in [5.74, 6) is 0. The van der Waals surface area contributed by atoms with Crippen molar-refractivity contribution < 1.29 is 5.11 Å². The smallest absolute Gasteiger partial charge is 0.0743 e. The number of hydrogen-bond donors (Lipinski definition) is 2. The van der Waals surface area contributed by atoms with Crippen molar-refractivity contribution in [2.45, 2.75) is 31.7 Å². The molecule has 1 atom stereocenters. The fraction of sp³-hybridized carbons (Fsp3) is 0.438. The highest BCUT2D eigenvalue weighted by Gasteiger charge is 2.23. The predicted octanol–water partition coefficient (Wildman–Crippen LogP) is 2.56. The highest BCUT2D eigenvalue weighted by atomic mass is 16.3. The van der Waals surface area contributed by atoms with Crippen molar-refractivity contribution in [3.8, 4) is 0 Å². The Balaban J connectivity index is 2.03. The van der Waals surface area contributed by atoms with Gasteiger partial charge in [0.1, 0.15) is 0 Å².